The number of nitrogens with one attached hydrogen (secondary N) is 1. The number of pyridine rings is 1. The van der Waals surface area contributed by atoms with Crippen molar-refractivity contribution in [1.82, 2.24) is 4.98 Å². The maximum atomic E-state index is 10.8. The lowest BCUT2D eigenvalue weighted by molar-refractivity contribution is -0.117. The maximum absolute atomic E-state index is 10.8. The highest BCUT2D eigenvalue weighted by atomic mass is 16.3. The summed E-state index contributed by atoms with van der Waals surface area (Å²) in [5.41, 5.74) is 0. The van der Waals surface area contributed by atoms with E-state index >= 15 is 0 Å². The number of anilines is 1. The Morgan fingerprint density at radius 2 is 2.38 bits per heavy atom. The molecule has 0 fully saturated rings. The number of Topliss-reactive ketones (excluding diaryl/α,β-unsaturated/α-hetero) is 1. The Hall–Kier alpha value is -1.78. The summed E-state index contributed by atoms with van der Waals surface area (Å²) in [5, 5.41) is 5.22. The van der Waals surface area contributed by atoms with Crippen LogP contribution in [-0.2, 0) is 4.79 Å². The molecule has 68 valence electrons. The lowest BCUT2D eigenvalue weighted by Gasteiger charge is -2.07. The highest BCUT2D eigenvalue weighted by molar-refractivity contribution is 5.83. The summed E-state index contributed by atoms with van der Waals surface area (Å²) in [6, 6.07) is 5.14. The monoisotopic (exact) mass is 179 g/mol. The van der Waals surface area contributed by atoms with Crippen molar-refractivity contribution in [2.24, 2.45) is 5.18 Å². The molecule has 0 aliphatic rings. The standard InChI is InChI=1S/C8H9N3O2/c1-6(12)8(11-13)10-7-4-2-3-5-9-7/h2-5,8H,1H3,(H,9,10). The number of carbonyl (C=O) groups is 1. The Morgan fingerprint density at radius 1 is 1.62 bits per heavy atom. The zero-order valence-corrected chi connectivity index (χ0v) is 7.10. The molecule has 0 radical (unpaired) electrons. The summed E-state index contributed by atoms with van der Waals surface area (Å²) in [7, 11) is 0. The molecule has 1 N–H and O–H groups in total. The molecule has 0 aromatic carbocycles. The molecular formula is C8H9N3O2. The maximum Gasteiger partial charge on any atom is 0.220 e. The minimum atomic E-state index is -1.05. The first-order chi connectivity index (χ1) is 6.24. The van der Waals surface area contributed by atoms with Crippen molar-refractivity contribution in [2.75, 3.05) is 5.32 Å². The third-order valence-electron chi connectivity index (χ3n) is 1.44. The Bertz CT molecular complexity index is 300. The molecule has 13 heavy (non-hydrogen) atoms. The van der Waals surface area contributed by atoms with Gasteiger partial charge in [0, 0.05) is 6.20 Å². The third-order valence-corrected chi connectivity index (χ3v) is 1.44. The number of ketones is 1. The Morgan fingerprint density at radius 3 is 2.85 bits per heavy atom. The fourth-order valence-corrected chi connectivity index (χ4v) is 0.790. The summed E-state index contributed by atoms with van der Waals surface area (Å²) in [6.07, 6.45) is 0.513. The first kappa shape index (κ1) is 9.31. The van der Waals surface area contributed by atoms with Gasteiger partial charge in [-0.25, -0.2) is 4.98 Å². The molecule has 0 amide bonds. The van der Waals surface area contributed by atoms with Crippen molar-refractivity contribution in [3.8, 4) is 0 Å². The van der Waals surface area contributed by atoms with Crippen LogP contribution in [0.2, 0.25) is 0 Å². The third kappa shape index (κ3) is 2.62. The van der Waals surface area contributed by atoms with Crippen LogP contribution in [0.1, 0.15) is 6.92 Å². The number of hydrogen-bond acceptors (Lipinski definition) is 5. The molecule has 1 unspecified atom stereocenters. The van der Waals surface area contributed by atoms with E-state index in [4.69, 9.17) is 0 Å². The van der Waals surface area contributed by atoms with E-state index in [1.165, 1.54) is 6.92 Å². The van der Waals surface area contributed by atoms with Crippen LogP contribution in [0.4, 0.5) is 5.82 Å². The first-order valence-electron chi connectivity index (χ1n) is 3.74. The number of hydrogen-bond donors (Lipinski definition) is 1. The Labute approximate surface area is 75.2 Å². The normalized spacial score (nSPS) is 11.8. The summed E-state index contributed by atoms with van der Waals surface area (Å²) in [5.74, 6) is 0.128. The molecule has 1 atom stereocenters. The fourth-order valence-electron chi connectivity index (χ4n) is 0.790. The van der Waals surface area contributed by atoms with Crippen LogP contribution in [0.3, 0.4) is 0 Å². The van der Waals surface area contributed by atoms with Crippen LogP contribution in [0, 0.1) is 4.91 Å². The Balaban J connectivity index is 2.67. The van der Waals surface area contributed by atoms with Gasteiger partial charge in [-0.2, -0.15) is 0 Å². The van der Waals surface area contributed by atoms with E-state index in [0.29, 0.717) is 5.82 Å². The second-order valence-electron chi connectivity index (χ2n) is 2.48. The van der Waals surface area contributed by atoms with Gasteiger partial charge in [-0.05, 0) is 24.2 Å². The van der Waals surface area contributed by atoms with E-state index < -0.39 is 6.17 Å². The topological polar surface area (TPSA) is 71.4 Å². The van der Waals surface area contributed by atoms with Crippen LogP contribution in [0.5, 0.6) is 0 Å². The second-order valence-corrected chi connectivity index (χ2v) is 2.48. The Kier molecular flexibility index (Phi) is 3.08. The predicted octanol–water partition coefficient (Wildman–Crippen LogP) is 1.17. The van der Waals surface area contributed by atoms with Gasteiger partial charge in [0.2, 0.25) is 6.17 Å². The molecule has 0 aliphatic carbocycles. The van der Waals surface area contributed by atoms with Crippen LogP contribution in [-0.4, -0.2) is 16.9 Å². The molecule has 1 heterocycles. The molecule has 5 nitrogen and oxygen atoms in total. The number of aromatic nitrogens is 1. The van der Waals surface area contributed by atoms with E-state index in [2.05, 4.69) is 15.5 Å². The van der Waals surface area contributed by atoms with Gasteiger partial charge in [-0.15, -0.1) is 4.91 Å². The van der Waals surface area contributed by atoms with E-state index in [1.54, 1.807) is 24.4 Å². The van der Waals surface area contributed by atoms with Crippen LogP contribution >= 0.6 is 0 Å². The number of nitrogens with zero attached hydrogens (tertiary/aromatic N) is 2. The summed E-state index contributed by atoms with van der Waals surface area (Å²) < 4.78 is 0. The minimum absolute atomic E-state index is 0.333. The van der Waals surface area contributed by atoms with Gasteiger partial charge in [0.05, 0.1) is 0 Å². The van der Waals surface area contributed by atoms with E-state index in [-0.39, 0.29) is 5.78 Å². The molecular weight excluding hydrogens is 170 g/mol. The van der Waals surface area contributed by atoms with Gasteiger partial charge in [-0.1, -0.05) is 6.07 Å². The minimum Gasteiger partial charge on any atom is -0.340 e. The lowest BCUT2D eigenvalue weighted by atomic mass is 10.3. The molecule has 5 heteroatoms. The number of rotatable bonds is 4. The predicted molar refractivity (Wildman–Crippen MR) is 48.1 cm³/mol. The van der Waals surface area contributed by atoms with Gasteiger partial charge in [0.15, 0.2) is 5.78 Å². The number of carbonyl (C=O) groups excluding carboxylic acids is 1. The molecule has 1 rings (SSSR count). The van der Waals surface area contributed by atoms with Crippen molar-refractivity contribution in [2.45, 2.75) is 13.1 Å². The SMILES string of the molecule is CC(=O)C(N=O)Nc1ccccn1. The molecule has 0 saturated carbocycles. The van der Waals surface area contributed by atoms with Crippen LogP contribution < -0.4 is 5.32 Å². The van der Waals surface area contributed by atoms with Crippen molar-refractivity contribution in [3.63, 3.8) is 0 Å². The molecule has 0 aliphatic heterocycles. The lowest BCUT2D eigenvalue weighted by Crippen LogP contribution is -2.24. The van der Waals surface area contributed by atoms with Crippen LogP contribution in [0.15, 0.2) is 29.6 Å². The van der Waals surface area contributed by atoms with Gasteiger partial charge >= 0.3 is 0 Å². The van der Waals surface area contributed by atoms with Crippen LogP contribution in [0.25, 0.3) is 0 Å². The van der Waals surface area contributed by atoms with Gasteiger partial charge in [0.1, 0.15) is 5.82 Å². The van der Waals surface area contributed by atoms with Crippen molar-refractivity contribution in [3.05, 3.63) is 29.3 Å². The fraction of sp³-hybridized carbons (Fsp3) is 0.250. The highest BCUT2D eigenvalue weighted by Gasteiger charge is 2.13. The highest BCUT2D eigenvalue weighted by Crippen LogP contribution is 2.03. The first-order valence-corrected chi connectivity index (χ1v) is 3.74. The average molecular weight is 179 g/mol. The molecule has 0 bridgehead atoms. The quantitative estimate of drug-likeness (QED) is 0.704. The zero-order chi connectivity index (χ0) is 9.68. The molecule has 1 aromatic heterocycles. The zero-order valence-electron chi connectivity index (χ0n) is 7.10. The van der Waals surface area contributed by atoms with E-state index in [0.717, 1.165) is 0 Å². The van der Waals surface area contributed by atoms with Crippen molar-refractivity contribution >= 4 is 11.6 Å². The molecule has 0 spiro atoms. The largest absolute Gasteiger partial charge is 0.340 e. The summed E-state index contributed by atoms with van der Waals surface area (Å²) in [4.78, 5) is 24.9. The van der Waals surface area contributed by atoms with Gasteiger partial charge in [0.25, 0.3) is 0 Å². The number of nitroso groups, excluding NO2 is 1. The van der Waals surface area contributed by atoms with Gasteiger partial charge < -0.3 is 5.32 Å². The summed E-state index contributed by atoms with van der Waals surface area (Å²) in [6.45, 7) is 1.29. The smallest absolute Gasteiger partial charge is 0.220 e. The van der Waals surface area contributed by atoms with Crippen molar-refractivity contribution < 1.29 is 4.79 Å². The molecule has 0 saturated heterocycles. The summed E-state index contributed by atoms with van der Waals surface area (Å²) >= 11 is 0. The molecule has 1 aromatic rings. The van der Waals surface area contributed by atoms with E-state index in [1.807, 2.05) is 0 Å². The van der Waals surface area contributed by atoms with Gasteiger partial charge in [-0.3, -0.25) is 4.79 Å². The average Bonchev–Trinajstić information content (AvgIpc) is 2.15. The van der Waals surface area contributed by atoms with E-state index in [9.17, 15) is 9.70 Å². The van der Waals surface area contributed by atoms with Crippen molar-refractivity contribution in [1.29, 1.82) is 0 Å². The second kappa shape index (κ2) is 4.30.